The molecular weight excluding hydrogens is 351 g/mol. The fourth-order valence-electron chi connectivity index (χ4n) is 2.04. The van der Waals surface area contributed by atoms with Crippen LogP contribution in [0, 0.1) is 0 Å². The van der Waals surface area contributed by atoms with Gasteiger partial charge in [-0.1, -0.05) is 6.07 Å². The van der Waals surface area contributed by atoms with Crippen molar-refractivity contribution in [2.45, 2.75) is 13.1 Å². The Balaban J connectivity index is 1.89. The molecule has 0 saturated carbocycles. The molecule has 1 amide bonds. The van der Waals surface area contributed by atoms with Crippen molar-refractivity contribution in [1.29, 1.82) is 0 Å². The van der Waals surface area contributed by atoms with Gasteiger partial charge in [-0.2, -0.15) is 13.2 Å². The summed E-state index contributed by atoms with van der Waals surface area (Å²) in [5.41, 5.74) is -0.705. The summed E-state index contributed by atoms with van der Waals surface area (Å²) in [7, 11) is 0. The number of rotatable bonds is 6. The van der Waals surface area contributed by atoms with Crippen molar-refractivity contribution in [3.63, 3.8) is 0 Å². The molecule has 0 unspecified atom stereocenters. The van der Waals surface area contributed by atoms with Crippen molar-refractivity contribution in [1.82, 2.24) is 0 Å². The minimum absolute atomic E-state index is 0.0399. The van der Waals surface area contributed by atoms with E-state index in [2.05, 4.69) is 5.32 Å². The van der Waals surface area contributed by atoms with E-state index in [-0.39, 0.29) is 11.3 Å². The summed E-state index contributed by atoms with van der Waals surface area (Å²) in [4.78, 5) is 23.6. The molecule has 1 N–H and O–H groups in total. The van der Waals surface area contributed by atoms with E-state index in [1.54, 1.807) is 12.1 Å². The zero-order chi connectivity index (χ0) is 19.2. The van der Waals surface area contributed by atoms with Crippen molar-refractivity contribution < 1.29 is 32.2 Å². The minimum Gasteiger partial charge on any atom is -0.494 e. The second-order valence-electron chi connectivity index (χ2n) is 5.16. The topological polar surface area (TPSA) is 64.6 Å². The lowest BCUT2D eigenvalue weighted by atomic mass is 10.2. The highest BCUT2D eigenvalue weighted by atomic mass is 19.4. The smallest absolute Gasteiger partial charge is 0.416 e. The number of anilines is 1. The number of ether oxygens (including phenoxy) is 2. The second-order valence-corrected chi connectivity index (χ2v) is 5.16. The van der Waals surface area contributed by atoms with Crippen molar-refractivity contribution in [3.05, 3.63) is 59.7 Å². The first-order valence-electron chi connectivity index (χ1n) is 7.66. The van der Waals surface area contributed by atoms with E-state index in [1.807, 2.05) is 6.92 Å². The Kier molecular flexibility index (Phi) is 6.21. The van der Waals surface area contributed by atoms with Crippen LogP contribution in [0.4, 0.5) is 18.9 Å². The van der Waals surface area contributed by atoms with E-state index in [4.69, 9.17) is 9.47 Å². The molecule has 0 atom stereocenters. The minimum atomic E-state index is -4.51. The molecule has 26 heavy (non-hydrogen) atoms. The van der Waals surface area contributed by atoms with E-state index in [1.165, 1.54) is 24.3 Å². The van der Waals surface area contributed by atoms with E-state index in [0.717, 1.165) is 12.1 Å². The molecule has 5 nitrogen and oxygen atoms in total. The highest BCUT2D eigenvalue weighted by Gasteiger charge is 2.30. The van der Waals surface area contributed by atoms with E-state index < -0.39 is 30.2 Å². The molecule has 0 bridgehead atoms. The van der Waals surface area contributed by atoms with Crippen LogP contribution in [0.5, 0.6) is 5.75 Å². The second kappa shape index (κ2) is 8.37. The Morgan fingerprint density at radius 3 is 2.38 bits per heavy atom. The van der Waals surface area contributed by atoms with Crippen LogP contribution in [-0.2, 0) is 15.7 Å². The van der Waals surface area contributed by atoms with Crippen LogP contribution in [0.3, 0.4) is 0 Å². The Morgan fingerprint density at radius 2 is 1.77 bits per heavy atom. The SMILES string of the molecule is CCOc1ccc(C(=O)OCC(=O)Nc2cccc(C(F)(F)F)c2)cc1. The number of esters is 1. The van der Waals surface area contributed by atoms with Gasteiger partial charge in [0.1, 0.15) is 5.75 Å². The van der Waals surface area contributed by atoms with Gasteiger partial charge in [-0.3, -0.25) is 4.79 Å². The normalized spacial score (nSPS) is 10.9. The molecule has 0 aliphatic heterocycles. The number of nitrogens with one attached hydrogen (secondary N) is 1. The van der Waals surface area contributed by atoms with Gasteiger partial charge >= 0.3 is 12.1 Å². The number of alkyl halides is 3. The average molecular weight is 367 g/mol. The Morgan fingerprint density at radius 1 is 1.08 bits per heavy atom. The molecule has 2 rings (SSSR count). The summed E-state index contributed by atoms with van der Waals surface area (Å²) in [6, 6.07) is 10.3. The standard InChI is InChI=1S/C18H16F3NO4/c1-2-25-15-8-6-12(7-9-15)17(24)26-11-16(23)22-14-5-3-4-13(10-14)18(19,20)21/h3-10H,2,11H2,1H3,(H,22,23). The summed E-state index contributed by atoms with van der Waals surface area (Å²) in [6.45, 7) is 1.69. The first-order valence-corrected chi connectivity index (χ1v) is 7.66. The Bertz CT molecular complexity index is 773. The van der Waals surface area contributed by atoms with Crippen LogP contribution in [0.25, 0.3) is 0 Å². The first kappa shape index (κ1) is 19.3. The molecule has 2 aromatic carbocycles. The molecule has 2 aromatic rings. The van der Waals surface area contributed by atoms with Crippen molar-refractivity contribution in [2.24, 2.45) is 0 Å². The van der Waals surface area contributed by atoms with E-state index in [9.17, 15) is 22.8 Å². The zero-order valence-electron chi connectivity index (χ0n) is 13.8. The van der Waals surface area contributed by atoms with E-state index >= 15 is 0 Å². The van der Waals surface area contributed by atoms with Crippen LogP contribution >= 0.6 is 0 Å². The molecule has 0 saturated heterocycles. The van der Waals surface area contributed by atoms with Gasteiger partial charge in [-0.25, -0.2) is 4.79 Å². The quantitative estimate of drug-likeness (QED) is 0.787. The summed E-state index contributed by atoms with van der Waals surface area (Å²) in [5, 5.41) is 2.25. The summed E-state index contributed by atoms with van der Waals surface area (Å²) >= 11 is 0. The van der Waals surface area contributed by atoms with Gasteiger partial charge in [-0.15, -0.1) is 0 Å². The number of hydrogen-bond donors (Lipinski definition) is 1. The van der Waals surface area contributed by atoms with Crippen molar-refractivity contribution >= 4 is 17.6 Å². The maximum atomic E-state index is 12.6. The van der Waals surface area contributed by atoms with Crippen LogP contribution in [0.1, 0.15) is 22.8 Å². The third-order valence-electron chi connectivity index (χ3n) is 3.21. The molecule has 0 radical (unpaired) electrons. The number of carbonyl (C=O) groups is 2. The van der Waals surface area contributed by atoms with Crippen LogP contribution in [0.2, 0.25) is 0 Å². The Hall–Kier alpha value is -3.03. The van der Waals surface area contributed by atoms with Crippen LogP contribution < -0.4 is 10.1 Å². The van der Waals surface area contributed by atoms with Crippen LogP contribution in [-0.4, -0.2) is 25.1 Å². The molecule has 0 aliphatic carbocycles. The third-order valence-corrected chi connectivity index (χ3v) is 3.21. The van der Waals surface area contributed by atoms with Gasteiger partial charge in [-0.05, 0) is 49.4 Å². The van der Waals surface area contributed by atoms with Crippen molar-refractivity contribution in [3.8, 4) is 5.75 Å². The maximum Gasteiger partial charge on any atom is 0.416 e. The monoisotopic (exact) mass is 367 g/mol. The molecular formula is C18H16F3NO4. The highest BCUT2D eigenvalue weighted by Crippen LogP contribution is 2.30. The van der Waals surface area contributed by atoms with Crippen molar-refractivity contribution in [2.75, 3.05) is 18.5 Å². The molecule has 0 spiro atoms. The summed E-state index contributed by atoms with van der Waals surface area (Å²) < 4.78 is 48.0. The van der Waals surface area contributed by atoms with Gasteiger partial charge in [0, 0.05) is 5.69 Å². The number of halogens is 3. The Labute approximate surface area is 147 Å². The fourth-order valence-corrected chi connectivity index (χ4v) is 2.04. The number of carbonyl (C=O) groups excluding carboxylic acids is 2. The molecule has 138 valence electrons. The molecule has 0 aliphatic rings. The van der Waals surface area contributed by atoms with Gasteiger partial charge < -0.3 is 14.8 Å². The lowest BCUT2D eigenvalue weighted by molar-refractivity contribution is -0.137. The predicted octanol–water partition coefficient (Wildman–Crippen LogP) is 3.90. The molecule has 0 heterocycles. The predicted molar refractivity (Wildman–Crippen MR) is 88.0 cm³/mol. The number of hydrogen-bond acceptors (Lipinski definition) is 4. The summed E-state index contributed by atoms with van der Waals surface area (Å²) in [5.74, 6) is -0.887. The number of amides is 1. The fraction of sp³-hybridized carbons (Fsp3) is 0.222. The highest BCUT2D eigenvalue weighted by molar-refractivity contribution is 5.95. The molecule has 8 heteroatoms. The lowest BCUT2D eigenvalue weighted by Crippen LogP contribution is -2.21. The third kappa shape index (κ3) is 5.51. The van der Waals surface area contributed by atoms with E-state index in [0.29, 0.717) is 12.4 Å². The van der Waals surface area contributed by atoms with Gasteiger partial charge in [0.05, 0.1) is 17.7 Å². The molecule has 0 fully saturated rings. The largest absolute Gasteiger partial charge is 0.494 e. The molecule has 0 aromatic heterocycles. The average Bonchev–Trinajstić information content (AvgIpc) is 2.60. The zero-order valence-corrected chi connectivity index (χ0v) is 13.8. The van der Waals surface area contributed by atoms with Gasteiger partial charge in [0.2, 0.25) is 0 Å². The van der Waals surface area contributed by atoms with Gasteiger partial charge in [0.15, 0.2) is 6.61 Å². The van der Waals surface area contributed by atoms with Gasteiger partial charge in [0.25, 0.3) is 5.91 Å². The first-order chi connectivity index (χ1) is 12.3. The number of benzene rings is 2. The maximum absolute atomic E-state index is 12.6. The summed E-state index contributed by atoms with van der Waals surface area (Å²) in [6.07, 6.45) is -4.51. The lowest BCUT2D eigenvalue weighted by Gasteiger charge is -2.10. The van der Waals surface area contributed by atoms with Crippen LogP contribution in [0.15, 0.2) is 48.5 Å².